The van der Waals surface area contributed by atoms with Crippen LogP contribution in [0.1, 0.15) is 49.3 Å². The second kappa shape index (κ2) is 10.8. The molecule has 1 N–H and O–H groups in total. The van der Waals surface area contributed by atoms with Crippen molar-refractivity contribution >= 4 is 34.2 Å². The third kappa shape index (κ3) is 5.56. The topological polar surface area (TPSA) is 82.6 Å². The van der Waals surface area contributed by atoms with Crippen molar-refractivity contribution < 1.29 is 19.0 Å². The number of hydrogen-bond donors (Lipinski definition) is 1. The van der Waals surface area contributed by atoms with Gasteiger partial charge in [0, 0.05) is 46.7 Å². The van der Waals surface area contributed by atoms with Crippen molar-refractivity contribution in [2.75, 3.05) is 25.6 Å². The number of methoxy groups -OCH3 is 1. The summed E-state index contributed by atoms with van der Waals surface area (Å²) in [5, 5.41) is 4.74. The van der Waals surface area contributed by atoms with Crippen LogP contribution >= 0.6 is 11.6 Å². The first kappa shape index (κ1) is 26.9. The zero-order valence-electron chi connectivity index (χ0n) is 22.8. The normalized spacial score (nSPS) is 13.8. The highest BCUT2D eigenvalue weighted by Crippen LogP contribution is 2.47. The average molecular weight is 546 g/mol. The van der Waals surface area contributed by atoms with E-state index < -0.39 is 17.7 Å². The van der Waals surface area contributed by atoms with Gasteiger partial charge in [-0.15, -0.1) is 0 Å². The molecule has 0 aliphatic carbocycles. The maximum absolute atomic E-state index is 13.2. The van der Waals surface area contributed by atoms with Crippen LogP contribution in [0.25, 0.3) is 22.0 Å². The van der Waals surface area contributed by atoms with Gasteiger partial charge in [0.15, 0.2) is 6.10 Å². The summed E-state index contributed by atoms with van der Waals surface area (Å²) in [4.78, 5) is 22.3. The Balaban J connectivity index is 1.77. The first-order valence-electron chi connectivity index (χ1n) is 12.9. The highest BCUT2D eigenvalue weighted by molar-refractivity contribution is 6.37. The van der Waals surface area contributed by atoms with Crippen molar-refractivity contribution in [3.63, 3.8) is 0 Å². The van der Waals surface area contributed by atoms with Gasteiger partial charge in [-0.1, -0.05) is 23.7 Å². The number of anilines is 1. The number of esters is 1. The summed E-state index contributed by atoms with van der Waals surface area (Å²) in [6.07, 6.45) is 3.33. The van der Waals surface area contributed by atoms with E-state index in [1.807, 2.05) is 58.0 Å². The Morgan fingerprint density at radius 3 is 2.62 bits per heavy atom. The van der Waals surface area contributed by atoms with Gasteiger partial charge >= 0.3 is 5.97 Å². The Labute approximate surface area is 233 Å². The second-order valence-electron chi connectivity index (χ2n) is 10.6. The van der Waals surface area contributed by atoms with E-state index in [1.165, 1.54) is 7.11 Å². The summed E-state index contributed by atoms with van der Waals surface area (Å²) in [5.41, 5.74) is 6.01. The molecule has 0 saturated carbocycles. The van der Waals surface area contributed by atoms with Crippen LogP contribution in [0.3, 0.4) is 0 Å². The minimum Gasteiger partial charge on any atom is -0.490 e. The Morgan fingerprint density at radius 2 is 1.90 bits per heavy atom. The SMILES string of the molecule is COC(=O)[C@@H](OC(C)(C)C)c1c(C)nc2cc(Cc3ccncc3)ccc2c1-c1ccc2c(c1Cl)NCCO2. The quantitative estimate of drug-likeness (QED) is 0.270. The fraction of sp³-hybridized carbons (Fsp3) is 0.323. The van der Waals surface area contributed by atoms with Crippen LogP contribution in [-0.2, 0) is 20.7 Å². The number of rotatable bonds is 6. The van der Waals surface area contributed by atoms with E-state index >= 15 is 0 Å². The highest BCUT2D eigenvalue weighted by Gasteiger charge is 2.34. The van der Waals surface area contributed by atoms with Crippen molar-refractivity contribution in [3.05, 3.63) is 82.3 Å². The molecule has 7 nitrogen and oxygen atoms in total. The van der Waals surface area contributed by atoms with E-state index in [9.17, 15) is 4.79 Å². The van der Waals surface area contributed by atoms with E-state index in [0.717, 1.165) is 45.3 Å². The van der Waals surface area contributed by atoms with E-state index in [1.54, 1.807) is 12.4 Å². The van der Waals surface area contributed by atoms with Gasteiger partial charge in [0.05, 0.1) is 28.9 Å². The molecule has 39 heavy (non-hydrogen) atoms. The molecule has 0 spiro atoms. The number of hydrogen-bond acceptors (Lipinski definition) is 7. The summed E-state index contributed by atoms with van der Waals surface area (Å²) in [6.45, 7) is 8.83. The van der Waals surface area contributed by atoms with Crippen LogP contribution in [0.15, 0.2) is 54.9 Å². The van der Waals surface area contributed by atoms with Gasteiger partial charge in [0.2, 0.25) is 0 Å². The molecule has 0 radical (unpaired) electrons. The van der Waals surface area contributed by atoms with Crippen molar-refractivity contribution in [3.8, 4) is 16.9 Å². The molecule has 0 amide bonds. The number of aromatic nitrogens is 2. The average Bonchev–Trinajstić information content (AvgIpc) is 2.91. The molecule has 202 valence electrons. The number of ether oxygens (including phenoxy) is 3. The van der Waals surface area contributed by atoms with E-state index in [0.29, 0.717) is 35.2 Å². The maximum Gasteiger partial charge on any atom is 0.339 e. The predicted molar refractivity (Wildman–Crippen MR) is 154 cm³/mol. The first-order chi connectivity index (χ1) is 18.7. The summed E-state index contributed by atoms with van der Waals surface area (Å²) in [5.74, 6) is 0.196. The molecule has 3 heterocycles. The third-order valence-corrected chi connectivity index (χ3v) is 7.01. The number of benzene rings is 2. The van der Waals surface area contributed by atoms with Crippen LogP contribution in [0.2, 0.25) is 5.02 Å². The third-order valence-electron chi connectivity index (χ3n) is 6.62. The molecule has 1 aliphatic heterocycles. The number of halogens is 1. The van der Waals surface area contributed by atoms with Gasteiger partial charge in [0.1, 0.15) is 12.4 Å². The van der Waals surface area contributed by atoms with Gasteiger partial charge < -0.3 is 19.5 Å². The van der Waals surface area contributed by atoms with Crippen molar-refractivity contribution in [2.24, 2.45) is 0 Å². The van der Waals surface area contributed by atoms with Crippen LogP contribution in [0.4, 0.5) is 5.69 Å². The molecule has 4 aromatic rings. The molecule has 0 unspecified atom stereocenters. The number of nitrogens with one attached hydrogen (secondary N) is 1. The summed E-state index contributed by atoms with van der Waals surface area (Å²) in [7, 11) is 1.36. The minimum atomic E-state index is -1.00. The van der Waals surface area contributed by atoms with Gasteiger partial charge in [-0.25, -0.2) is 4.79 Å². The standard InChI is InChI=1S/C31H32ClN3O4/c1-18-25(29(30(36)37-5)39-31(2,3)4)26(22-8-9-24-28(27(22)32)34-14-15-38-24)21-7-6-20(17-23(21)35-18)16-19-10-12-33-13-11-19/h6-13,17,29,34H,14-16H2,1-5H3/t29-/m0/s1. The minimum absolute atomic E-state index is 0.500. The highest BCUT2D eigenvalue weighted by atomic mass is 35.5. The molecule has 0 fully saturated rings. The Hall–Kier alpha value is -3.68. The lowest BCUT2D eigenvalue weighted by Crippen LogP contribution is -2.29. The van der Waals surface area contributed by atoms with Crippen LogP contribution in [0.5, 0.6) is 5.75 Å². The number of nitrogens with zero attached hydrogens (tertiary/aromatic N) is 2. The monoisotopic (exact) mass is 545 g/mol. The number of carbonyl (C=O) groups is 1. The summed E-state index contributed by atoms with van der Waals surface area (Å²) >= 11 is 7.05. The molecule has 2 aromatic carbocycles. The summed E-state index contributed by atoms with van der Waals surface area (Å²) < 4.78 is 17.3. The molecular weight excluding hydrogens is 514 g/mol. The lowest BCUT2D eigenvalue weighted by molar-refractivity contribution is -0.164. The van der Waals surface area contributed by atoms with Crippen LogP contribution < -0.4 is 10.1 Å². The van der Waals surface area contributed by atoms with Crippen molar-refractivity contribution in [1.82, 2.24) is 9.97 Å². The predicted octanol–water partition coefficient (Wildman–Crippen LogP) is 6.68. The Morgan fingerprint density at radius 1 is 1.13 bits per heavy atom. The lowest BCUT2D eigenvalue weighted by Gasteiger charge is -2.29. The number of aryl methyl sites for hydroxylation is 1. The molecule has 5 rings (SSSR count). The van der Waals surface area contributed by atoms with Crippen LogP contribution in [0, 0.1) is 6.92 Å². The van der Waals surface area contributed by atoms with E-state index in [2.05, 4.69) is 22.4 Å². The van der Waals surface area contributed by atoms with E-state index in [4.69, 9.17) is 30.8 Å². The largest absolute Gasteiger partial charge is 0.490 e. The lowest BCUT2D eigenvalue weighted by atomic mass is 9.89. The fourth-order valence-corrected chi connectivity index (χ4v) is 5.28. The van der Waals surface area contributed by atoms with Crippen LogP contribution in [-0.4, -0.2) is 41.8 Å². The Bertz CT molecular complexity index is 1530. The van der Waals surface area contributed by atoms with Gasteiger partial charge in [-0.05, 0) is 75.6 Å². The molecule has 1 aliphatic rings. The zero-order valence-corrected chi connectivity index (χ0v) is 23.6. The first-order valence-corrected chi connectivity index (χ1v) is 13.3. The Kier molecular flexibility index (Phi) is 7.47. The second-order valence-corrected chi connectivity index (χ2v) is 11.0. The fourth-order valence-electron chi connectivity index (χ4n) is 4.96. The molecule has 1 atom stereocenters. The van der Waals surface area contributed by atoms with E-state index in [-0.39, 0.29) is 0 Å². The molecule has 0 bridgehead atoms. The zero-order chi connectivity index (χ0) is 27.7. The molecular formula is C31H32ClN3O4. The van der Waals surface area contributed by atoms with Gasteiger partial charge in [-0.2, -0.15) is 0 Å². The number of pyridine rings is 2. The van der Waals surface area contributed by atoms with Gasteiger partial charge in [-0.3, -0.25) is 9.97 Å². The maximum atomic E-state index is 13.2. The molecule has 2 aromatic heterocycles. The smallest absolute Gasteiger partial charge is 0.339 e. The number of carbonyl (C=O) groups excluding carboxylic acids is 1. The summed E-state index contributed by atoms with van der Waals surface area (Å²) in [6, 6.07) is 14.1. The van der Waals surface area contributed by atoms with Crippen molar-refractivity contribution in [1.29, 1.82) is 0 Å². The molecule has 8 heteroatoms. The van der Waals surface area contributed by atoms with Crippen molar-refractivity contribution in [2.45, 2.75) is 45.8 Å². The molecule has 0 saturated heterocycles. The van der Waals surface area contributed by atoms with Gasteiger partial charge in [0.25, 0.3) is 0 Å². The number of fused-ring (bicyclic) bond motifs is 2.